The Balaban J connectivity index is 1.86. The molecule has 2 aliphatic rings. The second-order valence-corrected chi connectivity index (χ2v) is 7.02. The van der Waals surface area contributed by atoms with Gasteiger partial charge in [-0.1, -0.05) is 25.3 Å². The number of carbonyl (C=O) groups excluding carboxylic acids is 2. The van der Waals surface area contributed by atoms with Crippen LogP contribution in [-0.4, -0.2) is 37.7 Å². The van der Waals surface area contributed by atoms with Crippen molar-refractivity contribution in [2.75, 3.05) is 0 Å². The van der Waals surface area contributed by atoms with E-state index in [-0.39, 0.29) is 17.4 Å². The highest BCUT2D eigenvalue weighted by molar-refractivity contribution is 6.46. The number of likely N-dealkylation sites (tertiary alicyclic amines) is 1. The van der Waals surface area contributed by atoms with Crippen LogP contribution in [0.25, 0.3) is 5.76 Å². The average molecular weight is 363 g/mol. The Morgan fingerprint density at radius 2 is 1.74 bits per heavy atom. The monoisotopic (exact) mass is 363 g/mol. The summed E-state index contributed by atoms with van der Waals surface area (Å²) < 4.78 is 0. The van der Waals surface area contributed by atoms with E-state index in [4.69, 9.17) is 0 Å². The van der Waals surface area contributed by atoms with Crippen LogP contribution in [0, 0.1) is 0 Å². The molecule has 0 aromatic carbocycles. The van der Waals surface area contributed by atoms with Crippen LogP contribution in [0.5, 0.6) is 0 Å². The highest BCUT2D eigenvalue weighted by Gasteiger charge is 2.48. The van der Waals surface area contributed by atoms with Crippen molar-refractivity contribution in [1.82, 2.24) is 14.9 Å². The van der Waals surface area contributed by atoms with Crippen LogP contribution in [0.2, 0.25) is 0 Å². The minimum atomic E-state index is -0.635. The van der Waals surface area contributed by atoms with Crippen molar-refractivity contribution < 1.29 is 14.7 Å². The molecule has 0 bridgehead atoms. The minimum absolute atomic E-state index is 0.00291. The molecule has 27 heavy (non-hydrogen) atoms. The lowest BCUT2D eigenvalue weighted by molar-refractivity contribution is -0.141. The Kier molecular flexibility index (Phi) is 4.71. The zero-order valence-electron chi connectivity index (χ0n) is 14.9. The highest BCUT2D eigenvalue weighted by atomic mass is 16.3. The van der Waals surface area contributed by atoms with Gasteiger partial charge in [0.25, 0.3) is 11.7 Å². The Labute approximate surface area is 157 Å². The molecule has 1 atom stereocenters. The van der Waals surface area contributed by atoms with Gasteiger partial charge in [-0.3, -0.25) is 19.6 Å². The van der Waals surface area contributed by atoms with Gasteiger partial charge in [0.2, 0.25) is 0 Å². The van der Waals surface area contributed by atoms with Crippen LogP contribution in [0.4, 0.5) is 0 Å². The molecular weight excluding hydrogens is 342 g/mol. The lowest BCUT2D eigenvalue weighted by Gasteiger charge is -2.35. The predicted molar refractivity (Wildman–Crippen MR) is 99.5 cm³/mol. The lowest BCUT2D eigenvalue weighted by Crippen LogP contribution is -2.40. The normalized spacial score (nSPS) is 23.0. The van der Waals surface area contributed by atoms with Gasteiger partial charge in [-0.15, -0.1) is 0 Å². The zero-order valence-corrected chi connectivity index (χ0v) is 14.9. The number of ketones is 1. The van der Waals surface area contributed by atoms with Crippen LogP contribution in [0.15, 0.2) is 54.6 Å². The second-order valence-electron chi connectivity index (χ2n) is 7.02. The molecule has 1 N–H and O–H groups in total. The molecule has 1 unspecified atom stereocenters. The van der Waals surface area contributed by atoms with Crippen molar-refractivity contribution in [2.45, 2.75) is 44.2 Å². The van der Waals surface area contributed by atoms with Crippen molar-refractivity contribution in [3.05, 3.63) is 65.8 Å². The molecule has 138 valence electrons. The summed E-state index contributed by atoms with van der Waals surface area (Å²) >= 11 is 0. The Bertz CT molecular complexity index is 874. The summed E-state index contributed by atoms with van der Waals surface area (Å²) in [5, 5.41) is 10.9. The number of carbonyl (C=O) groups is 2. The van der Waals surface area contributed by atoms with E-state index in [1.165, 1.54) is 0 Å². The van der Waals surface area contributed by atoms with Gasteiger partial charge in [-0.05, 0) is 36.6 Å². The van der Waals surface area contributed by atoms with E-state index in [1.54, 1.807) is 47.9 Å². The molecule has 0 spiro atoms. The molecular formula is C21H21N3O3. The smallest absolute Gasteiger partial charge is 0.295 e. The summed E-state index contributed by atoms with van der Waals surface area (Å²) in [6.45, 7) is 0. The molecule has 6 nitrogen and oxygen atoms in total. The van der Waals surface area contributed by atoms with Gasteiger partial charge in [0.1, 0.15) is 5.76 Å². The standard InChI is InChI=1S/C21H21N3O3/c25-19(14-8-11-22-12-9-14)17-18(15-5-4-10-23-13-15)24(21(27)20(17)26)16-6-2-1-3-7-16/h4-5,8-13,16,18,25H,1-3,6-7H2/b19-17-. The van der Waals surface area contributed by atoms with Crippen molar-refractivity contribution in [3.63, 3.8) is 0 Å². The van der Waals surface area contributed by atoms with Crippen LogP contribution < -0.4 is 0 Å². The number of aliphatic hydroxyl groups excluding tert-OH is 1. The number of rotatable bonds is 3. The Morgan fingerprint density at radius 1 is 1.00 bits per heavy atom. The minimum Gasteiger partial charge on any atom is -0.507 e. The third kappa shape index (κ3) is 3.12. The summed E-state index contributed by atoms with van der Waals surface area (Å²) in [4.78, 5) is 35.6. The van der Waals surface area contributed by atoms with Crippen molar-refractivity contribution in [1.29, 1.82) is 0 Å². The molecule has 1 aliphatic heterocycles. The average Bonchev–Trinajstić information content (AvgIpc) is 3.00. The fraction of sp³-hybridized carbons (Fsp3) is 0.333. The molecule has 0 radical (unpaired) electrons. The maximum Gasteiger partial charge on any atom is 0.295 e. The van der Waals surface area contributed by atoms with E-state index < -0.39 is 17.7 Å². The first-order valence-corrected chi connectivity index (χ1v) is 9.29. The van der Waals surface area contributed by atoms with Crippen LogP contribution in [-0.2, 0) is 9.59 Å². The maximum absolute atomic E-state index is 12.9. The molecule has 1 saturated heterocycles. The topological polar surface area (TPSA) is 83.4 Å². The number of pyridine rings is 2. The third-order valence-electron chi connectivity index (χ3n) is 5.40. The molecule has 1 aliphatic carbocycles. The molecule has 6 heteroatoms. The van der Waals surface area contributed by atoms with Crippen molar-refractivity contribution >= 4 is 17.4 Å². The van der Waals surface area contributed by atoms with Crippen LogP contribution in [0.1, 0.15) is 49.3 Å². The molecule has 2 fully saturated rings. The van der Waals surface area contributed by atoms with Gasteiger partial charge < -0.3 is 10.0 Å². The Morgan fingerprint density at radius 3 is 2.41 bits per heavy atom. The van der Waals surface area contributed by atoms with Gasteiger partial charge in [-0.2, -0.15) is 0 Å². The van der Waals surface area contributed by atoms with Crippen molar-refractivity contribution in [3.8, 4) is 0 Å². The summed E-state index contributed by atoms with van der Waals surface area (Å²) in [6.07, 6.45) is 11.4. The number of hydrogen-bond acceptors (Lipinski definition) is 5. The van der Waals surface area contributed by atoms with E-state index in [0.29, 0.717) is 5.56 Å². The van der Waals surface area contributed by atoms with E-state index in [0.717, 1.165) is 37.7 Å². The van der Waals surface area contributed by atoms with Gasteiger partial charge in [-0.25, -0.2) is 0 Å². The first-order valence-electron chi connectivity index (χ1n) is 9.29. The fourth-order valence-corrected chi connectivity index (χ4v) is 4.12. The summed E-state index contributed by atoms with van der Waals surface area (Å²) in [5.74, 6) is -1.34. The number of aromatic nitrogens is 2. The first-order chi connectivity index (χ1) is 13.2. The first kappa shape index (κ1) is 17.4. The number of hydrogen-bond donors (Lipinski definition) is 1. The highest BCUT2D eigenvalue weighted by Crippen LogP contribution is 2.42. The lowest BCUT2D eigenvalue weighted by atomic mass is 9.91. The number of amides is 1. The molecule has 3 heterocycles. The number of aliphatic hydroxyl groups is 1. The molecule has 1 saturated carbocycles. The van der Waals surface area contributed by atoms with Crippen molar-refractivity contribution in [2.24, 2.45) is 0 Å². The quantitative estimate of drug-likeness (QED) is 0.514. The van der Waals surface area contributed by atoms with Gasteiger partial charge in [0.15, 0.2) is 0 Å². The largest absolute Gasteiger partial charge is 0.507 e. The number of Topliss-reactive ketones (excluding diaryl/α,β-unsaturated/α-hetero) is 1. The van der Waals surface area contributed by atoms with E-state index in [9.17, 15) is 14.7 Å². The summed E-state index contributed by atoms with van der Waals surface area (Å²) in [5.41, 5.74) is 1.34. The zero-order chi connectivity index (χ0) is 18.8. The van der Waals surface area contributed by atoms with Gasteiger partial charge in [0, 0.05) is 36.4 Å². The Hall–Kier alpha value is -3.02. The van der Waals surface area contributed by atoms with E-state index in [2.05, 4.69) is 9.97 Å². The third-order valence-corrected chi connectivity index (χ3v) is 5.40. The van der Waals surface area contributed by atoms with Crippen LogP contribution in [0.3, 0.4) is 0 Å². The SMILES string of the molecule is O=C1C(=O)N(C2CCCCC2)C(c2cccnc2)/C1=C(/O)c1ccncc1. The predicted octanol–water partition coefficient (Wildman–Crippen LogP) is 3.23. The molecule has 2 aromatic heterocycles. The van der Waals surface area contributed by atoms with E-state index >= 15 is 0 Å². The van der Waals surface area contributed by atoms with Gasteiger partial charge >= 0.3 is 0 Å². The maximum atomic E-state index is 12.9. The molecule has 1 amide bonds. The second kappa shape index (κ2) is 7.31. The molecule has 4 rings (SSSR count). The van der Waals surface area contributed by atoms with Gasteiger partial charge in [0.05, 0.1) is 11.6 Å². The molecule has 2 aromatic rings. The van der Waals surface area contributed by atoms with Crippen LogP contribution >= 0.6 is 0 Å². The number of nitrogens with zero attached hydrogens (tertiary/aromatic N) is 3. The summed E-state index contributed by atoms with van der Waals surface area (Å²) in [7, 11) is 0. The fourth-order valence-electron chi connectivity index (χ4n) is 4.12. The summed E-state index contributed by atoms with van der Waals surface area (Å²) in [6, 6.07) is 6.27. The van der Waals surface area contributed by atoms with E-state index in [1.807, 2.05) is 6.07 Å².